The second-order valence-corrected chi connectivity index (χ2v) is 10.9. The van der Waals surface area contributed by atoms with Crippen LogP contribution in [0.2, 0.25) is 0 Å². The first-order valence-electron chi connectivity index (χ1n) is 20.3. The first-order valence-corrected chi connectivity index (χ1v) is 14.8. The summed E-state index contributed by atoms with van der Waals surface area (Å²) in [5.74, 6) is 0. The number of hydrogen-bond acceptors (Lipinski definition) is 2. The largest absolute Gasteiger partial charge is 0.455 e. The topological polar surface area (TPSA) is 16.4 Å². The number of hydrogen-bond donors (Lipinski definition) is 0. The van der Waals surface area contributed by atoms with Gasteiger partial charge in [0.2, 0.25) is 0 Å². The van der Waals surface area contributed by atoms with E-state index in [9.17, 15) is 4.11 Å². The lowest BCUT2D eigenvalue weighted by atomic mass is 9.97. The molecule has 0 radical (unpaired) electrons. The van der Waals surface area contributed by atoms with Crippen molar-refractivity contribution in [3.63, 3.8) is 0 Å². The Morgan fingerprint density at radius 2 is 1.24 bits per heavy atom. The van der Waals surface area contributed by atoms with Crippen LogP contribution in [0.5, 0.6) is 0 Å². The fourth-order valence-electron chi connectivity index (χ4n) is 6.09. The van der Waals surface area contributed by atoms with Crippen molar-refractivity contribution in [2.75, 3.05) is 4.90 Å². The van der Waals surface area contributed by atoms with E-state index in [4.69, 9.17) is 15.4 Å². The maximum absolute atomic E-state index is 9.34. The third kappa shape index (κ3) is 4.35. The zero-order valence-corrected chi connectivity index (χ0v) is 24.2. The monoisotopic (exact) mass is 598 g/mol. The Balaban J connectivity index is 1.33. The van der Waals surface area contributed by atoms with Gasteiger partial charge in [0, 0.05) is 32.9 Å². The van der Waals surface area contributed by atoms with Crippen LogP contribution < -0.4 is 4.90 Å². The van der Waals surface area contributed by atoms with Crippen LogP contribution in [0.1, 0.15) is 15.1 Å². The van der Waals surface area contributed by atoms with E-state index in [1.807, 2.05) is 54.6 Å². The summed E-state index contributed by atoms with van der Waals surface area (Å²) < 4.78 is 105. The Morgan fingerprint density at radius 3 is 2.11 bits per heavy atom. The molecule has 216 valence electrons. The van der Waals surface area contributed by atoms with Crippen LogP contribution in [0.25, 0.3) is 65.7 Å². The molecule has 0 aliphatic heterocycles. The predicted octanol–water partition coefficient (Wildman–Crippen LogP) is 12.7. The second kappa shape index (κ2) is 10.8. The molecule has 8 aromatic carbocycles. The van der Waals surface area contributed by atoms with Gasteiger partial charge in [-0.05, 0) is 75.4 Å². The van der Waals surface area contributed by atoms with Crippen molar-refractivity contribution in [1.29, 1.82) is 0 Å². The smallest absolute Gasteiger partial charge is 0.143 e. The quantitative estimate of drug-likeness (QED) is 0.196. The molecule has 0 bridgehead atoms. The number of benzene rings is 8. The highest BCUT2D eigenvalue weighted by atomic mass is 16.3. The number of fused-ring (bicyclic) bond motifs is 6. The fourth-order valence-corrected chi connectivity index (χ4v) is 6.09. The van der Waals surface area contributed by atoms with Gasteiger partial charge >= 0.3 is 0 Å². The summed E-state index contributed by atoms with van der Waals surface area (Å²) in [6.07, 6.45) is 0. The van der Waals surface area contributed by atoms with Crippen LogP contribution >= 0.6 is 0 Å². The number of anilines is 3. The molecular weight excluding hydrogens is 558 g/mol. The number of nitrogens with zero attached hydrogens (tertiary/aromatic N) is 1. The van der Waals surface area contributed by atoms with Crippen LogP contribution in [-0.2, 0) is 0 Å². The van der Waals surface area contributed by atoms with Crippen LogP contribution in [0.15, 0.2) is 180 Å². The zero-order chi connectivity index (χ0) is 40.0. The Bertz CT molecular complexity index is 3110. The summed E-state index contributed by atoms with van der Waals surface area (Å²) in [6.45, 7) is 0. The highest BCUT2D eigenvalue weighted by Gasteiger charge is 2.18. The molecule has 0 N–H and O–H groups in total. The van der Waals surface area contributed by atoms with Gasteiger partial charge in [0.25, 0.3) is 0 Å². The minimum absolute atomic E-state index is 0.0541. The van der Waals surface area contributed by atoms with Crippen molar-refractivity contribution in [3.8, 4) is 22.3 Å². The van der Waals surface area contributed by atoms with Gasteiger partial charge in [-0.3, -0.25) is 0 Å². The van der Waals surface area contributed by atoms with E-state index in [1.54, 1.807) is 54.6 Å². The summed E-state index contributed by atoms with van der Waals surface area (Å²) in [7, 11) is 0. The molecule has 0 saturated carbocycles. The van der Waals surface area contributed by atoms with Crippen molar-refractivity contribution in [2.45, 2.75) is 0 Å². The van der Waals surface area contributed by atoms with Crippen molar-refractivity contribution in [3.05, 3.63) is 176 Å². The Morgan fingerprint density at radius 1 is 0.457 bits per heavy atom. The lowest BCUT2D eigenvalue weighted by Crippen LogP contribution is -2.10. The minimum Gasteiger partial charge on any atom is -0.455 e. The third-order valence-electron chi connectivity index (χ3n) is 8.24. The van der Waals surface area contributed by atoms with E-state index >= 15 is 0 Å². The highest BCUT2D eigenvalue weighted by Crippen LogP contribution is 2.42. The molecule has 0 spiro atoms. The lowest BCUT2D eigenvalue weighted by Gasteiger charge is -2.27. The van der Waals surface area contributed by atoms with Crippen LogP contribution in [0.3, 0.4) is 0 Å². The van der Waals surface area contributed by atoms with Crippen molar-refractivity contribution >= 4 is 60.5 Å². The molecular formula is C44H29NO. The molecule has 1 aromatic heterocycles. The molecule has 9 aromatic rings. The van der Waals surface area contributed by atoms with Crippen molar-refractivity contribution < 1.29 is 19.5 Å². The third-order valence-corrected chi connectivity index (χ3v) is 8.24. The van der Waals surface area contributed by atoms with Gasteiger partial charge in [0.1, 0.15) is 11.2 Å². The molecule has 0 aliphatic rings. The number of rotatable bonds is 5. The Labute approximate surface area is 282 Å². The molecule has 0 amide bonds. The molecule has 0 unspecified atom stereocenters. The summed E-state index contributed by atoms with van der Waals surface area (Å²) in [5.41, 5.74) is 3.20. The van der Waals surface area contributed by atoms with Gasteiger partial charge < -0.3 is 9.32 Å². The van der Waals surface area contributed by atoms with Crippen LogP contribution in [0, 0.1) is 0 Å². The highest BCUT2D eigenvalue weighted by molar-refractivity contribution is 6.19. The van der Waals surface area contributed by atoms with E-state index in [0.29, 0.717) is 11.1 Å². The van der Waals surface area contributed by atoms with E-state index in [2.05, 4.69) is 0 Å². The van der Waals surface area contributed by atoms with Crippen molar-refractivity contribution in [1.82, 2.24) is 0 Å². The molecule has 46 heavy (non-hydrogen) atoms. The van der Waals surface area contributed by atoms with Gasteiger partial charge in [-0.15, -0.1) is 0 Å². The first kappa shape index (κ1) is 17.4. The van der Waals surface area contributed by atoms with Gasteiger partial charge in [0.15, 0.2) is 0 Å². The van der Waals surface area contributed by atoms with E-state index in [1.165, 1.54) is 4.90 Å². The fraction of sp³-hybridized carbons (Fsp3) is 0. The SMILES string of the molecule is [2H]c1c([2H])c(N(c2ccc(-c3cccc4oc5c6ccccc6ccc5c34)cc2)c2c([2H])c([2H])c([2H])c3c([2H])c([2H])c([2H])c([2H])c23)c([2H])c([2H])c1-c1ccccc1. The standard InChI is InChI=1S/C44H29NO/c1-2-10-30(11-3-1)31-20-25-35(26-21-31)45(41-18-8-14-32-12-4-6-15-37(32)41)36-27-22-34(23-28-36)38-17-9-19-42-43(38)40-29-24-33-13-5-7-16-39(33)44(40)46-42/h1-29H/i4D,6D,8D,12D,14D,15D,18D,20D,21D,25D,26D. The molecule has 2 nitrogen and oxygen atoms in total. The van der Waals surface area contributed by atoms with Gasteiger partial charge in [-0.25, -0.2) is 0 Å². The zero-order valence-electron chi connectivity index (χ0n) is 35.2. The molecule has 9 rings (SSSR count). The summed E-state index contributed by atoms with van der Waals surface area (Å²) in [4.78, 5) is 1.25. The average Bonchev–Trinajstić information content (AvgIpc) is 3.63. The summed E-state index contributed by atoms with van der Waals surface area (Å²) in [6, 6.07) is 27.4. The van der Waals surface area contributed by atoms with E-state index in [0.717, 1.165) is 38.3 Å². The predicted molar refractivity (Wildman–Crippen MR) is 194 cm³/mol. The first-order chi connectivity index (χ1) is 27.4. The Kier molecular flexibility index (Phi) is 4.08. The van der Waals surface area contributed by atoms with Crippen LogP contribution in [0.4, 0.5) is 17.1 Å². The van der Waals surface area contributed by atoms with Crippen molar-refractivity contribution in [2.24, 2.45) is 0 Å². The number of furan rings is 1. The summed E-state index contributed by atoms with van der Waals surface area (Å²) in [5, 5.41) is 3.26. The molecule has 1 heterocycles. The summed E-state index contributed by atoms with van der Waals surface area (Å²) >= 11 is 0. The molecule has 0 fully saturated rings. The molecule has 2 heteroatoms. The van der Waals surface area contributed by atoms with Gasteiger partial charge in [0.05, 0.1) is 20.8 Å². The second-order valence-electron chi connectivity index (χ2n) is 10.9. The molecule has 0 aliphatic carbocycles. The Hall–Kier alpha value is -6.12. The maximum Gasteiger partial charge on any atom is 0.143 e. The molecule has 0 saturated heterocycles. The van der Waals surface area contributed by atoms with Gasteiger partial charge in [-0.1, -0.05) is 133 Å². The maximum atomic E-state index is 9.34. The van der Waals surface area contributed by atoms with Gasteiger partial charge in [-0.2, -0.15) is 0 Å². The van der Waals surface area contributed by atoms with Crippen LogP contribution in [-0.4, -0.2) is 0 Å². The minimum atomic E-state index is -0.633. The van der Waals surface area contributed by atoms with E-state index in [-0.39, 0.29) is 45.5 Å². The lowest BCUT2D eigenvalue weighted by molar-refractivity contribution is 0.673. The average molecular weight is 599 g/mol. The van der Waals surface area contributed by atoms with E-state index < -0.39 is 54.4 Å². The molecule has 0 atom stereocenters. The normalized spacial score (nSPS) is 14.8.